The molecule has 1 aliphatic rings. The van der Waals surface area contributed by atoms with Gasteiger partial charge in [-0.2, -0.15) is 0 Å². The molecule has 160 valence electrons. The minimum atomic E-state index is -1.14. The van der Waals surface area contributed by atoms with Gasteiger partial charge in [-0.15, -0.1) is 0 Å². The Hall–Kier alpha value is -3.86. The number of aromatic nitrogens is 1. The standard InChI is InChI=1S/C27H25N3O2/c1-17-10-4-7-13-21(17)29-26(32)27(25-19(3)28-22-14-8-6-12-20(22)25)16-24(31)30(27)23-15-9-5-11-18(23)2/h4-15,28H,16H2,1-3H3,(H,29,32). The molecule has 1 saturated heterocycles. The van der Waals surface area contributed by atoms with Crippen molar-refractivity contribution in [2.24, 2.45) is 0 Å². The van der Waals surface area contributed by atoms with Crippen LogP contribution in [0, 0.1) is 20.8 Å². The minimum absolute atomic E-state index is 0.0658. The Kier molecular flexibility index (Phi) is 4.63. The van der Waals surface area contributed by atoms with Gasteiger partial charge < -0.3 is 10.3 Å². The molecule has 5 heteroatoms. The lowest BCUT2D eigenvalue weighted by molar-refractivity contribution is -0.137. The maximum atomic E-state index is 14.1. The highest BCUT2D eigenvalue weighted by molar-refractivity contribution is 6.19. The van der Waals surface area contributed by atoms with Gasteiger partial charge in [0.05, 0.1) is 6.42 Å². The Morgan fingerprint density at radius 2 is 1.56 bits per heavy atom. The zero-order valence-electron chi connectivity index (χ0n) is 18.4. The number of rotatable bonds is 4. The predicted octanol–water partition coefficient (Wildman–Crippen LogP) is 5.36. The molecule has 0 saturated carbocycles. The van der Waals surface area contributed by atoms with E-state index in [9.17, 15) is 9.59 Å². The number of para-hydroxylation sites is 3. The fraction of sp³-hybridized carbons (Fsp3) is 0.185. The quantitative estimate of drug-likeness (QED) is 0.434. The minimum Gasteiger partial charge on any atom is -0.358 e. The molecule has 2 N–H and O–H groups in total. The number of benzene rings is 3. The van der Waals surface area contributed by atoms with E-state index in [4.69, 9.17) is 0 Å². The van der Waals surface area contributed by atoms with Crippen LogP contribution < -0.4 is 10.2 Å². The molecule has 0 bridgehead atoms. The highest BCUT2D eigenvalue weighted by Crippen LogP contribution is 2.49. The Labute approximate surface area is 187 Å². The molecule has 0 radical (unpaired) electrons. The SMILES string of the molecule is Cc1ccccc1NC(=O)C1(c2c(C)[nH]c3ccccc23)CC(=O)N1c1ccccc1C. The van der Waals surface area contributed by atoms with E-state index in [2.05, 4.69) is 10.3 Å². The smallest absolute Gasteiger partial charge is 0.256 e. The van der Waals surface area contributed by atoms with E-state index in [0.717, 1.165) is 44.7 Å². The molecule has 0 spiro atoms. The van der Waals surface area contributed by atoms with Crippen LogP contribution in [0.25, 0.3) is 10.9 Å². The second-order valence-corrected chi connectivity index (χ2v) is 8.49. The summed E-state index contributed by atoms with van der Waals surface area (Å²) >= 11 is 0. The number of nitrogens with one attached hydrogen (secondary N) is 2. The van der Waals surface area contributed by atoms with Gasteiger partial charge in [0.2, 0.25) is 5.91 Å². The number of anilines is 2. The molecule has 3 aromatic carbocycles. The second kappa shape index (κ2) is 7.38. The summed E-state index contributed by atoms with van der Waals surface area (Å²) in [4.78, 5) is 32.3. The summed E-state index contributed by atoms with van der Waals surface area (Å²) in [7, 11) is 0. The Bertz CT molecular complexity index is 1370. The summed E-state index contributed by atoms with van der Waals surface area (Å²) in [6.45, 7) is 5.90. The monoisotopic (exact) mass is 423 g/mol. The van der Waals surface area contributed by atoms with Crippen molar-refractivity contribution in [2.45, 2.75) is 32.7 Å². The van der Waals surface area contributed by atoms with E-state index < -0.39 is 5.54 Å². The summed E-state index contributed by atoms with van der Waals surface area (Å²) in [5.41, 5.74) is 4.97. The van der Waals surface area contributed by atoms with E-state index in [1.165, 1.54) is 0 Å². The van der Waals surface area contributed by atoms with Gasteiger partial charge in [0.25, 0.3) is 5.91 Å². The van der Waals surface area contributed by atoms with Crippen LogP contribution in [0.4, 0.5) is 11.4 Å². The maximum Gasteiger partial charge on any atom is 0.256 e. The molecule has 32 heavy (non-hydrogen) atoms. The fourth-order valence-corrected chi connectivity index (χ4v) is 4.90. The first-order chi connectivity index (χ1) is 15.4. The highest BCUT2D eigenvalue weighted by Gasteiger charge is 2.60. The van der Waals surface area contributed by atoms with Gasteiger partial charge in [-0.1, -0.05) is 54.6 Å². The van der Waals surface area contributed by atoms with Gasteiger partial charge in [-0.05, 0) is 50.1 Å². The number of amides is 2. The molecule has 1 aliphatic heterocycles. The molecule has 5 rings (SSSR count). The first kappa shape index (κ1) is 20.1. The summed E-state index contributed by atoms with van der Waals surface area (Å²) < 4.78 is 0. The normalized spacial score (nSPS) is 18.0. The number of H-pyrrole nitrogens is 1. The van der Waals surface area contributed by atoms with Crippen molar-refractivity contribution in [3.63, 3.8) is 0 Å². The number of fused-ring (bicyclic) bond motifs is 1. The highest BCUT2D eigenvalue weighted by atomic mass is 16.2. The molecular weight excluding hydrogens is 398 g/mol. The van der Waals surface area contributed by atoms with Gasteiger partial charge >= 0.3 is 0 Å². The lowest BCUT2D eigenvalue weighted by Gasteiger charge is -2.51. The topological polar surface area (TPSA) is 65.2 Å². The molecule has 2 heterocycles. The molecule has 0 aliphatic carbocycles. The molecule has 4 aromatic rings. The van der Waals surface area contributed by atoms with Gasteiger partial charge in [0, 0.05) is 33.5 Å². The van der Waals surface area contributed by atoms with Crippen molar-refractivity contribution in [2.75, 3.05) is 10.2 Å². The zero-order valence-corrected chi connectivity index (χ0v) is 18.4. The lowest BCUT2D eigenvalue weighted by Crippen LogP contribution is -2.67. The molecule has 1 aromatic heterocycles. The van der Waals surface area contributed by atoms with E-state index in [1.807, 2.05) is 93.6 Å². The predicted molar refractivity (Wildman–Crippen MR) is 128 cm³/mol. The maximum absolute atomic E-state index is 14.1. The molecule has 1 unspecified atom stereocenters. The van der Waals surface area contributed by atoms with E-state index in [0.29, 0.717) is 0 Å². The van der Waals surface area contributed by atoms with Gasteiger partial charge in [-0.3, -0.25) is 14.5 Å². The van der Waals surface area contributed by atoms with Crippen LogP contribution >= 0.6 is 0 Å². The van der Waals surface area contributed by atoms with E-state index in [1.54, 1.807) is 4.90 Å². The molecule has 1 fully saturated rings. The van der Waals surface area contributed by atoms with Crippen molar-refractivity contribution in [3.8, 4) is 0 Å². The average Bonchev–Trinajstić information content (AvgIpc) is 3.10. The number of carbonyl (C=O) groups is 2. The number of β-lactam (4-membered cyclic amide) rings is 1. The van der Waals surface area contributed by atoms with Crippen LogP contribution in [0.2, 0.25) is 0 Å². The van der Waals surface area contributed by atoms with Crippen molar-refractivity contribution in [1.29, 1.82) is 0 Å². The van der Waals surface area contributed by atoms with Crippen LogP contribution in [-0.2, 0) is 15.1 Å². The largest absolute Gasteiger partial charge is 0.358 e. The lowest BCUT2D eigenvalue weighted by atomic mass is 9.74. The van der Waals surface area contributed by atoms with E-state index >= 15 is 0 Å². The number of aryl methyl sites for hydroxylation is 3. The molecule has 2 amide bonds. The average molecular weight is 424 g/mol. The fourth-order valence-electron chi connectivity index (χ4n) is 4.90. The first-order valence-electron chi connectivity index (χ1n) is 10.8. The molecule has 5 nitrogen and oxygen atoms in total. The van der Waals surface area contributed by atoms with Crippen LogP contribution in [0.3, 0.4) is 0 Å². The summed E-state index contributed by atoms with van der Waals surface area (Å²) in [5, 5.41) is 4.08. The van der Waals surface area contributed by atoms with Gasteiger partial charge in [0.1, 0.15) is 0 Å². The number of hydrogen-bond acceptors (Lipinski definition) is 2. The molecular formula is C27H25N3O2. The van der Waals surface area contributed by atoms with Gasteiger partial charge in [0.15, 0.2) is 5.54 Å². The number of nitrogens with zero attached hydrogens (tertiary/aromatic N) is 1. The zero-order chi connectivity index (χ0) is 22.5. The summed E-state index contributed by atoms with van der Waals surface area (Å²) in [5.74, 6) is -0.272. The first-order valence-corrected chi connectivity index (χ1v) is 10.8. The number of aromatic amines is 1. The molecule has 1 atom stereocenters. The number of carbonyl (C=O) groups excluding carboxylic acids is 2. The van der Waals surface area contributed by atoms with Crippen LogP contribution in [0.15, 0.2) is 72.8 Å². The summed E-state index contributed by atoms with van der Waals surface area (Å²) in [6.07, 6.45) is 0.113. The van der Waals surface area contributed by atoms with Crippen LogP contribution in [-0.4, -0.2) is 16.8 Å². The Balaban J connectivity index is 1.74. The van der Waals surface area contributed by atoms with Crippen molar-refractivity contribution < 1.29 is 9.59 Å². The van der Waals surface area contributed by atoms with Crippen LogP contribution in [0.1, 0.15) is 28.8 Å². The Morgan fingerprint density at radius 1 is 0.906 bits per heavy atom. The summed E-state index contributed by atoms with van der Waals surface area (Å²) in [6, 6.07) is 23.3. The Morgan fingerprint density at radius 3 is 2.28 bits per heavy atom. The van der Waals surface area contributed by atoms with Gasteiger partial charge in [-0.25, -0.2) is 0 Å². The van der Waals surface area contributed by atoms with Crippen molar-refractivity contribution in [1.82, 2.24) is 4.98 Å². The van der Waals surface area contributed by atoms with Crippen LogP contribution in [0.5, 0.6) is 0 Å². The second-order valence-electron chi connectivity index (χ2n) is 8.49. The third-order valence-corrected chi connectivity index (χ3v) is 6.47. The third kappa shape index (κ3) is 2.85. The van der Waals surface area contributed by atoms with Crippen molar-refractivity contribution >= 4 is 34.1 Å². The van der Waals surface area contributed by atoms with Crippen molar-refractivity contribution in [3.05, 3.63) is 95.2 Å². The number of hydrogen-bond donors (Lipinski definition) is 2. The third-order valence-electron chi connectivity index (χ3n) is 6.47. The van der Waals surface area contributed by atoms with E-state index in [-0.39, 0.29) is 18.2 Å².